The number of halogens is 1. The number of unbranched alkanes of at least 4 members (excludes halogenated alkanes) is 1. The highest BCUT2D eigenvalue weighted by Crippen LogP contribution is 2.29. The van der Waals surface area contributed by atoms with Crippen molar-refractivity contribution in [2.75, 3.05) is 62.7 Å². The Bertz CT molecular complexity index is 995. The molecule has 1 N–H and O–H groups in total. The zero-order valence-electron chi connectivity index (χ0n) is 21.2. The Balaban J connectivity index is 1.48. The zero-order chi connectivity index (χ0) is 24.6. The van der Waals surface area contributed by atoms with Gasteiger partial charge in [-0.15, -0.1) is 0 Å². The van der Waals surface area contributed by atoms with Gasteiger partial charge in [-0.05, 0) is 73.3 Å². The highest BCUT2D eigenvalue weighted by atomic mass is 35.5. The van der Waals surface area contributed by atoms with E-state index in [0.717, 1.165) is 80.3 Å². The van der Waals surface area contributed by atoms with Crippen molar-refractivity contribution in [3.8, 4) is 0 Å². The van der Waals surface area contributed by atoms with Crippen molar-refractivity contribution in [3.05, 3.63) is 58.1 Å². The molecular formula is C28H39ClN4OS. The first kappa shape index (κ1) is 26.2. The van der Waals surface area contributed by atoms with Crippen molar-refractivity contribution < 1.29 is 4.74 Å². The molecule has 2 heterocycles. The lowest BCUT2D eigenvalue weighted by atomic mass is 9.98. The third kappa shape index (κ3) is 7.32. The maximum Gasteiger partial charge on any atom is 0.173 e. The van der Waals surface area contributed by atoms with E-state index >= 15 is 0 Å². The first-order chi connectivity index (χ1) is 17.0. The summed E-state index contributed by atoms with van der Waals surface area (Å²) >= 11 is 12.3. The number of nitrogens with one attached hydrogen (secondary N) is 1. The van der Waals surface area contributed by atoms with Gasteiger partial charge in [0.15, 0.2) is 5.11 Å². The summed E-state index contributed by atoms with van der Waals surface area (Å²) in [5, 5.41) is 4.92. The van der Waals surface area contributed by atoms with Crippen molar-refractivity contribution in [3.63, 3.8) is 0 Å². The Labute approximate surface area is 221 Å². The number of anilines is 2. The molecule has 2 aromatic rings. The molecule has 0 radical (unpaired) electrons. The number of aryl methyl sites for hydroxylation is 2. The quantitative estimate of drug-likeness (QED) is 0.430. The molecule has 0 aromatic heterocycles. The number of rotatable bonds is 9. The fourth-order valence-electron chi connectivity index (χ4n) is 4.84. The van der Waals surface area contributed by atoms with Gasteiger partial charge < -0.3 is 19.9 Å². The number of hydrogen-bond acceptors (Lipinski definition) is 4. The second kappa shape index (κ2) is 12.9. The number of hydrogen-bond donors (Lipinski definition) is 1. The predicted octanol–water partition coefficient (Wildman–Crippen LogP) is 5.73. The monoisotopic (exact) mass is 514 g/mol. The Morgan fingerprint density at radius 1 is 1.11 bits per heavy atom. The van der Waals surface area contributed by atoms with Gasteiger partial charge in [0.1, 0.15) is 0 Å². The minimum atomic E-state index is 0.737. The molecule has 190 valence electrons. The standard InChI is InChI=1S/C28H39ClN4OS/c1-3-4-11-32-12-5-6-24-19-23(8-10-27(24)32)21-33(14-13-31-15-17-34-18-16-31)28(35)30-25-9-7-22(2)26(29)20-25/h7-10,19-20H,3-6,11-18,21H2,1-2H3,(H,30,35). The molecular weight excluding hydrogens is 476 g/mol. The van der Waals surface area contributed by atoms with Gasteiger partial charge in [0.25, 0.3) is 0 Å². The number of thiocarbonyl (C=S) groups is 1. The second-order valence-corrected chi connectivity index (χ2v) is 10.5. The molecule has 7 heteroatoms. The fourth-order valence-corrected chi connectivity index (χ4v) is 5.30. The summed E-state index contributed by atoms with van der Waals surface area (Å²) in [7, 11) is 0. The summed E-state index contributed by atoms with van der Waals surface area (Å²) in [6.07, 6.45) is 4.87. The van der Waals surface area contributed by atoms with Gasteiger partial charge in [0.05, 0.1) is 13.2 Å². The molecule has 0 atom stereocenters. The molecule has 2 aromatic carbocycles. The topological polar surface area (TPSA) is 31.0 Å². The van der Waals surface area contributed by atoms with Gasteiger partial charge in [-0.2, -0.15) is 0 Å². The molecule has 0 aliphatic carbocycles. The minimum absolute atomic E-state index is 0.737. The lowest BCUT2D eigenvalue weighted by Crippen LogP contribution is -2.44. The second-order valence-electron chi connectivity index (χ2n) is 9.68. The van der Waals surface area contributed by atoms with Crippen LogP contribution in [-0.2, 0) is 17.7 Å². The third-order valence-electron chi connectivity index (χ3n) is 7.01. The molecule has 1 fully saturated rings. The van der Waals surface area contributed by atoms with Gasteiger partial charge in [-0.3, -0.25) is 4.90 Å². The summed E-state index contributed by atoms with van der Waals surface area (Å²) < 4.78 is 5.53. The van der Waals surface area contributed by atoms with Crippen LogP contribution in [0, 0.1) is 6.92 Å². The molecule has 0 amide bonds. The number of fused-ring (bicyclic) bond motifs is 1. The molecule has 4 rings (SSSR count). The van der Waals surface area contributed by atoms with Crippen molar-refractivity contribution >= 4 is 40.3 Å². The van der Waals surface area contributed by atoms with E-state index in [0.29, 0.717) is 0 Å². The molecule has 2 aliphatic rings. The largest absolute Gasteiger partial charge is 0.379 e. The van der Waals surface area contributed by atoms with Crippen LogP contribution in [0.15, 0.2) is 36.4 Å². The van der Waals surface area contributed by atoms with E-state index in [4.69, 9.17) is 28.6 Å². The molecule has 0 saturated carbocycles. The van der Waals surface area contributed by atoms with Crippen LogP contribution in [0.1, 0.15) is 42.9 Å². The first-order valence-corrected chi connectivity index (χ1v) is 13.8. The van der Waals surface area contributed by atoms with E-state index in [-0.39, 0.29) is 0 Å². The molecule has 0 unspecified atom stereocenters. The van der Waals surface area contributed by atoms with Crippen molar-refractivity contribution in [2.45, 2.75) is 46.1 Å². The molecule has 0 bridgehead atoms. The number of benzene rings is 2. The van der Waals surface area contributed by atoms with Crippen LogP contribution in [-0.4, -0.2) is 67.4 Å². The van der Waals surface area contributed by atoms with Crippen LogP contribution in [0.5, 0.6) is 0 Å². The maximum absolute atomic E-state index is 6.36. The van der Waals surface area contributed by atoms with Crippen LogP contribution >= 0.6 is 23.8 Å². The third-order valence-corrected chi connectivity index (χ3v) is 7.78. The Hall–Kier alpha value is -1.86. The van der Waals surface area contributed by atoms with E-state index < -0.39 is 0 Å². The van der Waals surface area contributed by atoms with Crippen molar-refractivity contribution in [1.82, 2.24) is 9.80 Å². The van der Waals surface area contributed by atoms with E-state index in [2.05, 4.69) is 45.1 Å². The number of ether oxygens (including phenoxy) is 1. The van der Waals surface area contributed by atoms with E-state index in [9.17, 15) is 0 Å². The maximum atomic E-state index is 6.36. The SMILES string of the molecule is CCCCN1CCCc2cc(CN(CCN3CCOCC3)C(=S)Nc3ccc(C)c(Cl)c3)ccc21. The van der Waals surface area contributed by atoms with Gasteiger partial charge in [-0.1, -0.05) is 43.1 Å². The number of nitrogens with zero attached hydrogens (tertiary/aromatic N) is 3. The Morgan fingerprint density at radius 3 is 2.71 bits per heavy atom. The smallest absolute Gasteiger partial charge is 0.173 e. The zero-order valence-corrected chi connectivity index (χ0v) is 22.8. The average molecular weight is 515 g/mol. The Morgan fingerprint density at radius 2 is 1.94 bits per heavy atom. The first-order valence-electron chi connectivity index (χ1n) is 13.0. The molecule has 5 nitrogen and oxygen atoms in total. The lowest BCUT2D eigenvalue weighted by molar-refractivity contribution is 0.0358. The highest BCUT2D eigenvalue weighted by molar-refractivity contribution is 7.80. The fraction of sp³-hybridized carbons (Fsp3) is 0.536. The van der Waals surface area contributed by atoms with Crippen molar-refractivity contribution in [1.29, 1.82) is 0 Å². The van der Waals surface area contributed by atoms with E-state index in [1.54, 1.807) is 0 Å². The van der Waals surface area contributed by atoms with Crippen LogP contribution in [0.25, 0.3) is 0 Å². The van der Waals surface area contributed by atoms with Gasteiger partial charge in [0, 0.05) is 62.2 Å². The highest BCUT2D eigenvalue weighted by Gasteiger charge is 2.19. The van der Waals surface area contributed by atoms with E-state index in [1.165, 1.54) is 42.6 Å². The normalized spacial score (nSPS) is 16.1. The molecule has 2 aliphatic heterocycles. The van der Waals surface area contributed by atoms with Crippen LogP contribution in [0.4, 0.5) is 11.4 Å². The summed E-state index contributed by atoms with van der Waals surface area (Å²) in [6, 6.07) is 13.0. The predicted molar refractivity (Wildman–Crippen MR) is 152 cm³/mol. The lowest BCUT2D eigenvalue weighted by Gasteiger charge is -2.33. The molecule has 35 heavy (non-hydrogen) atoms. The minimum Gasteiger partial charge on any atom is -0.379 e. The van der Waals surface area contributed by atoms with Crippen LogP contribution < -0.4 is 10.2 Å². The summed E-state index contributed by atoms with van der Waals surface area (Å²) in [6.45, 7) is 12.8. The van der Waals surface area contributed by atoms with Crippen LogP contribution in [0.3, 0.4) is 0 Å². The summed E-state index contributed by atoms with van der Waals surface area (Å²) in [5.41, 5.74) is 6.20. The Kier molecular flexibility index (Phi) is 9.67. The molecule has 1 saturated heterocycles. The van der Waals surface area contributed by atoms with Crippen LogP contribution in [0.2, 0.25) is 5.02 Å². The number of morpholine rings is 1. The van der Waals surface area contributed by atoms with Gasteiger partial charge in [0.2, 0.25) is 0 Å². The van der Waals surface area contributed by atoms with E-state index in [1.807, 2.05) is 25.1 Å². The molecule has 0 spiro atoms. The summed E-state index contributed by atoms with van der Waals surface area (Å²) in [5.74, 6) is 0. The average Bonchev–Trinajstić information content (AvgIpc) is 2.87. The van der Waals surface area contributed by atoms with Gasteiger partial charge in [-0.25, -0.2) is 0 Å². The van der Waals surface area contributed by atoms with Gasteiger partial charge >= 0.3 is 0 Å². The van der Waals surface area contributed by atoms with Crippen molar-refractivity contribution in [2.24, 2.45) is 0 Å². The summed E-state index contributed by atoms with van der Waals surface area (Å²) in [4.78, 5) is 7.31.